The highest BCUT2D eigenvalue weighted by Gasteiger charge is 2.16. The van der Waals surface area contributed by atoms with Crippen LogP contribution in [0, 0.1) is 6.92 Å². The molecule has 74 valence electrons. The molecule has 0 bridgehead atoms. The van der Waals surface area contributed by atoms with E-state index in [1.54, 1.807) is 12.1 Å². The number of aryl methyl sites for hydroxylation is 1. The zero-order valence-electron chi connectivity index (χ0n) is 7.28. The number of halogens is 1. The van der Waals surface area contributed by atoms with Crippen molar-refractivity contribution < 1.29 is 8.42 Å². The van der Waals surface area contributed by atoms with E-state index in [2.05, 4.69) is 10.2 Å². The van der Waals surface area contributed by atoms with Gasteiger partial charge >= 0.3 is 0 Å². The van der Waals surface area contributed by atoms with E-state index in [0.717, 1.165) is 11.1 Å². The minimum absolute atomic E-state index is 0.0426. The van der Waals surface area contributed by atoms with Crippen molar-refractivity contribution in [1.82, 2.24) is 10.2 Å². The van der Waals surface area contributed by atoms with Gasteiger partial charge in [0.25, 0.3) is 9.05 Å². The molecule has 1 heterocycles. The highest BCUT2D eigenvalue weighted by atomic mass is 35.7. The fraction of sp³-hybridized carbons (Fsp3) is 0.125. The molecule has 0 saturated carbocycles. The summed E-state index contributed by atoms with van der Waals surface area (Å²) in [5.41, 5.74) is 1.21. The minimum atomic E-state index is -3.73. The Bertz CT molecular complexity index is 588. The number of rotatable bonds is 1. The summed E-state index contributed by atoms with van der Waals surface area (Å²) in [6.07, 6.45) is 0. The van der Waals surface area contributed by atoms with Crippen LogP contribution in [0.3, 0.4) is 0 Å². The second-order valence-corrected chi connectivity index (χ2v) is 5.47. The third kappa shape index (κ3) is 1.38. The molecule has 0 unspecified atom stereocenters. The molecule has 14 heavy (non-hydrogen) atoms. The van der Waals surface area contributed by atoms with Crippen LogP contribution in [0.5, 0.6) is 0 Å². The maximum atomic E-state index is 11.2. The standard InChI is InChI=1S/C8H7ClN2O2S/c1-5-6-3-2-4-7(14(9,12)13)8(6)11-10-5/h2-4H,1H3,(H,10,11). The van der Waals surface area contributed by atoms with Crippen LogP contribution in [-0.2, 0) is 9.05 Å². The van der Waals surface area contributed by atoms with Gasteiger partial charge in [0.05, 0.1) is 0 Å². The van der Waals surface area contributed by atoms with Crippen LogP contribution in [0.2, 0.25) is 0 Å². The highest BCUT2D eigenvalue weighted by molar-refractivity contribution is 8.14. The SMILES string of the molecule is Cc1[nH]nc2c(S(=O)(=O)Cl)cccc12. The van der Waals surface area contributed by atoms with E-state index in [1.807, 2.05) is 6.92 Å². The highest BCUT2D eigenvalue weighted by Crippen LogP contribution is 2.25. The number of hydrogen-bond donors (Lipinski definition) is 1. The number of hydrogen-bond acceptors (Lipinski definition) is 3. The summed E-state index contributed by atoms with van der Waals surface area (Å²) in [6, 6.07) is 4.87. The molecule has 0 amide bonds. The lowest BCUT2D eigenvalue weighted by Crippen LogP contribution is -1.91. The number of aromatic amines is 1. The molecule has 0 aliphatic carbocycles. The predicted octanol–water partition coefficient (Wildman–Crippen LogP) is 1.80. The van der Waals surface area contributed by atoms with Crippen LogP contribution >= 0.6 is 10.7 Å². The summed E-state index contributed by atoms with van der Waals surface area (Å²) in [5, 5.41) is 7.38. The largest absolute Gasteiger partial charge is 0.282 e. The number of H-pyrrole nitrogens is 1. The van der Waals surface area contributed by atoms with Crippen molar-refractivity contribution in [2.24, 2.45) is 0 Å². The van der Waals surface area contributed by atoms with Gasteiger partial charge in [0.2, 0.25) is 0 Å². The van der Waals surface area contributed by atoms with E-state index >= 15 is 0 Å². The van der Waals surface area contributed by atoms with Gasteiger partial charge < -0.3 is 0 Å². The maximum absolute atomic E-state index is 11.2. The zero-order valence-corrected chi connectivity index (χ0v) is 8.85. The quantitative estimate of drug-likeness (QED) is 0.760. The van der Waals surface area contributed by atoms with Gasteiger partial charge in [-0.1, -0.05) is 12.1 Å². The number of nitrogens with one attached hydrogen (secondary N) is 1. The predicted molar refractivity (Wildman–Crippen MR) is 53.9 cm³/mol. The first-order chi connectivity index (χ1) is 6.50. The molecule has 1 aromatic heterocycles. The fourth-order valence-electron chi connectivity index (χ4n) is 1.34. The Kier molecular flexibility index (Phi) is 2.01. The average Bonchev–Trinajstić information content (AvgIpc) is 2.46. The van der Waals surface area contributed by atoms with Crippen molar-refractivity contribution in [2.75, 3.05) is 0 Å². The summed E-state index contributed by atoms with van der Waals surface area (Å²) in [7, 11) is 1.54. The lowest BCUT2D eigenvalue weighted by atomic mass is 10.2. The van der Waals surface area contributed by atoms with Crippen LogP contribution in [-0.4, -0.2) is 18.6 Å². The van der Waals surface area contributed by atoms with Crippen molar-refractivity contribution in [3.05, 3.63) is 23.9 Å². The molecule has 0 aliphatic rings. The van der Waals surface area contributed by atoms with Crippen LogP contribution in [0.1, 0.15) is 5.69 Å². The summed E-state index contributed by atoms with van der Waals surface area (Å²) in [6.45, 7) is 1.82. The molecule has 0 saturated heterocycles. The van der Waals surface area contributed by atoms with Gasteiger partial charge in [0.1, 0.15) is 10.4 Å². The van der Waals surface area contributed by atoms with Gasteiger partial charge in [-0.25, -0.2) is 8.42 Å². The molecular weight excluding hydrogens is 224 g/mol. The lowest BCUT2D eigenvalue weighted by Gasteiger charge is -1.96. The van der Waals surface area contributed by atoms with Gasteiger partial charge in [-0.05, 0) is 13.0 Å². The zero-order chi connectivity index (χ0) is 10.3. The molecule has 0 radical (unpaired) electrons. The van der Waals surface area contributed by atoms with Gasteiger partial charge in [0, 0.05) is 21.8 Å². The smallest absolute Gasteiger partial charge is 0.263 e. The number of nitrogens with zero attached hydrogens (tertiary/aromatic N) is 1. The molecule has 0 atom stereocenters. The molecule has 0 spiro atoms. The molecule has 0 fully saturated rings. The van der Waals surface area contributed by atoms with E-state index in [9.17, 15) is 8.42 Å². The average molecular weight is 231 g/mol. The monoisotopic (exact) mass is 230 g/mol. The van der Waals surface area contributed by atoms with E-state index in [0.29, 0.717) is 5.52 Å². The first-order valence-corrected chi connectivity index (χ1v) is 6.19. The maximum Gasteiger partial charge on any atom is 0.263 e. The number of para-hydroxylation sites is 1. The van der Waals surface area contributed by atoms with Crippen molar-refractivity contribution in [2.45, 2.75) is 11.8 Å². The van der Waals surface area contributed by atoms with Gasteiger partial charge in [-0.3, -0.25) is 5.10 Å². The van der Waals surface area contributed by atoms with Crippen LogP contribution in [0.25, 0.3) is 10.9 Å². The third-order valence-electron chi connectivity index (χ3n) is 2.00. The van der Waals surface area contributed by atoms with Crippen molar-refractivity contribution in [1.29, 1.82) is 0 Å². The molecule has 2 aromatic rings. The summed E-state index contributed by atoms with van der Waals surface area (Å²) in [5.74, 6) is 0. The Labute approximate surface area is 85.3 Å². The Morgan fingerprint density at radius 3 is 2.79 bits per heavy atom. The van der Waals surface area contributed by atoms with Crippen LogP contribution in [0.15, 0.2) is 23.1 Å². The summed E-state index contributed by atoms with van der Waals surface area (Å²) in [4.78, 5) is 0.0426. The van der Waals surface area contributed by atoms with E-state index in [4.69, 9.17) is 10.7 Å². The second-order valence-electron chi connectivity index (χ2n) is 2.94. The van der Waals surface area contributed by atoms with Crippen molar-refractivity contribution in [3.63, 3.8) is 0 Å². The topological polar surface area (TPSA) is 62.8 Å². The number of aromatic nitrogens is 2. The number of benzene rings is 1. The van der Waals surface area contributed by atoms with E-state index < -0.39 is 9.05 Å². The summed E-state index contributed by atoms with van der Waals surface area (Å²) < 4.78 is 22.3. The summed E-state index contributed by atoms with van der Waals surface area (Å²) >= 11 is 0. The first-order valence-electron chi connectivity index (χ1n) is 3.88. The lowest BCUT2D eigenvalue weighted by molar-refractivity contribution is 0.610. The molecule has 6 heteroatoms. The van der Waals surface area contributed by atoms with Gasteiger partial charge in [-0.2, -0.15) is 5.10 Å². The number of fused-ring (bicyclic) bond motifs is 1. The fourth-order valence-corrected chi connectivity index (χ4v) is 2.34. The van der Waals surface area contributed by atoms with E-state index in [-0.39, 0.29) is 4.90 Å². The van der Waals surface area contributed by atoms with Crippen LogP contribution < -0.4 is 0 Å². The van der Waals surface area contributed by atoms with Crippen molar-refractivity contribution in [3.8, 4) is 0 Å². The Hall–Kier alpha value is -1.07. The Balaban J connectivity index is 2.92. The van der Waals surface area contributed by atoms with Gasteiger partial charge in [0.15, 0.2) is 0 Å². The molecule has 1 aromatic carbocycles. The Morgan fingerprint density at radius 2 is 2.14 bits per heavy atom. The molecule has 0 aliphatic heterocycles. The van der Waals surface area contributed by atoms with Gasteiger partial charge in [-0.15, -0.1) is 0 Å². The van der Waals surface area contributed by atoms with Crippen LogP contribution in [0.4, 0.5) is 0 Å². The first kappa shape index (κ1) is 9.48. The molecule has 1 N–H and O–H groups in total. The Morgan fingerprint density at radius 1 is 1.43 bits per heavy atom. The minimum Gasteiger partial charge on any atom is -0.282 e. The van der Waals surface area contributed by atoms with E-state index in [1.165, 1.54) is 6.07 Å². The second kappa shape index (κ2) is 2.96. The third-order valence-corrected chi connectivity index (χ3v) is 3.35. The molecule has 4 nitrogen and oxygen atoms in total. The normalized spacial score (nSPS) is 12.1. The molecular formula is C8H7ClN2O2S. The van der Waals surface area contributed by atoms with Crippen molar-refractivity contribution >= 4 is 30.6 Å². The molecule has 2 rings (SSSR count).